The van der Waals surface area contributed by atoms with Crippen LogP contribution in [0, 0.1) is 0 Å². The maximum absolute atomic E-state index is 11.7. The van der Waals surface area contributed by atoms with Gasteiger partial charge in [0, 0.05) is 31.3 Å². The molecule has 7 heteroatoms. The molecule has 3 rings (SSSR count). The van der Waals surface area contributed by atoms with Crippen molar-refractivity contribution >= 4 is 17.7 Å². The molecular weight excluding hydrogens is 266 g/mol. The molecule has 1 spiro atoms. The number of nitrogens with one attached hydrogen (secondary N) is 1. The number of ether oxygens (including phenoxy) is 1. The molecule has 2 unspecified atom stereocenters. The summed E-state index contributed by atoms with van der Waals surface area (Å²) in [5.41, 5.74) is 5.71. The van der Waals surface area contributed by atoms with Crippen molar-refractivity contribution in [3.8, 4) is 0 Å². The van der Waals surface area contributed by atoms with Gasteiger partial charge < -0.3 is 20.5 Å². The van der Waals surface area contributed by atoms with E-state index in [1.54, 1.807) is 0 Å². The summed E-state index contributed by atoms with van der Waals surface area (Å²) < 4.78 is 5.34. The monoisotopic (exact) mass is 287 g/mol. The Labute approximate surface area is 117 Å². The topological polar surface area (TPSA) is 91.1 Å². The van der Waals surface area contributed by atoms with Crippen LogP contribution in [0.2, 0.25) is 0 Å². The summed E-state index contributed by atoms with van der Waals surface area (Å²) in [6, 6.07) is 0.347. The van der Waals surface area contributed by atoms with Gasteiger partial charge in [0.1, 0.15) is 12.3 Å². The van der Waals surface area contributed by atoms with Gasteiger partial charge in [-0.05, 0) is 12.8 Å². The minimum Gasteiger partial charge on any atom is -0.396 e. The molecular formula is C12H21N3O3S. The number of aliphatic hydroxyl groups excluding tert-OH is 1. The number of amides is 1. The second-order valence-electron chi connectivity index (χ2n) is 5.48. The molecule has 0 aromatic carbocycles. The predicted octanol–water partition coefficient (Wildman–Crippen LogP) is -0.924. The first-order chi connectivity index (χ1) is 9.13. The molecule has 0 aliphatic carbocycles. The standard InChI is InChI=1S/C12H21N3O3S/c13-11-10(18-11)8-7-19-12(14-8)2-4-15(5-3-12)9(17)1-6-16/h8,10-11,14,16H,1-7,13H2/t8-,10?,11?/m0/s1. The third-order valence-corrected chi connectivity index (χ3v) is 5.80. The Morgan fingerprint density at radius 2 is 2.21 bits per heavy atom. The Balaban J connectivity index is 1.51. The third-order valence-electron chi connectivity index (χ3n) is 4.20. The van der Waals surface area contributed by atoms with Gasteiger partial charge in [0.15, 0.2) is 0 Å². The van der Waals surface area contributed by atoms with Crippen molar-refractivity contribution in [2.24, 2.45) is 5.73 Å². The van der Waals surface area contributed by atoms with Crippen LogP contribution in [-0.2, 0) is 9.53 Å². The quantitative estimate of drug-likeness (QED) is 0.581. The van der Waals surface area contributed by atoms with Crippen LogP contribution in [0.3, 0.4) is 0 Å². The van der Waals surface area contributed by atoms with Crippen molar-refractivity contribution in [3.05, 3.63) is 0 Å². The Morgan fingerprint density at radius 1 is 1.53 bits per heavy atom. The van der Waals surface area contributed by atoms with Crippen molar-refractivity contribution in [2.75, 3.05) is 25.4 Å². The number of nitrogens with zero attached hydrogens (tertiary/aromatic N) is 1. The number of nitrogens with two attached hydrogens (primary N) is 1. The minimum atomic E-state index is -0.0977. The molecule has 3 aliphatic heterocycles. The SMILES string of the molecule is NC1OC1[C@@H]1CSC2(CCN(C(=O)CCO)CC2)N1. The molecule has 6 nitrogen and oxygen atoms in total. The zero-order valence-electron chi connectivity index (χ0n) is 10.9. The highest BCUT2D eigenvalue weighted by Gasteiger charge is 2.50. The van der Waals surface area contributed by atoms with Gasteiger partial charge in [-0.3, -0.25) is 10.1 Å². The first-order valence-corrected chi connectivity index (χ1v) is 7.83. The van der Waals surface area contributed by atoms with E-state index in [1.165, 1.54) is 0 Å². The lowest BCUT2D eigenvalue weighted by molar-refractivity contribution is -0.133. The van der Waals surface area contributed by atoms with E-state index < -0.39 is 0 Å². The zero-order chi connectivity index (χ0) is 13.5. The van der Waals surface area contributed by atoms with Crippen LogP contribution in [0.1, 0.15) is 19.3 Å². The van der Waals surface area contributed by atoms with Crippen LogP contribution in [-0.4, -0.2) is 64.6 Å². The molecule has 0 aromatic rings. The third kappa shape index (κ3) is 2.75. The van der Waals surface area contributed by atoms with E-state index in [1.807, 2.05) is 16.7 Å². The molecule has 19 heavy (non-hydrogen) atoms. The van der Waals surface area contributed by atoms with E-state index in [-0.39, 0.29) is 36.1 Å². The Morgan fingerprint density at radius 3 is 2.79 bits per heavy atom. The van der Waals surface area contributed by atoms with Crippen molar-refractivity contribution in [3.63, 3.8) is 0 Å². The fourth-order valence-corrected chi connectivity index (χ4v) is 4.44. The molecule has 0 bridgehead atoms. The minimum absolute atomic E-state index is 0.0597. The summed E-state index contributed by atoms with van der Waals surface area (Å²) in [5, 5.41) is 12.5. The summed E-state index contributed by atoms with van der Waals surface area (Å²) in [7, 11) is 0. The highest BCUT2D eigenvalue weighted by Crippen LogP contribution is 2.42. The van der Waals surface area contributed by atoms with Gasteiger partial charge in [0.05, 0.1) is 11.5 Å². The smallest absolute Gasteiger partial charge is 0.224 e. The normalized spacial score (nSPS) is 36.7. The van der Waals surface area contributed by atoms with Crippen molar-refractivity contribution < 1.29 is 14.6 Å². The average molecular weight is 287 g/mol. The van der Waals surface area contributed by atoms with Gasteiger partial charge >= 0.3 is 0 Å². The van der Waals surface area contributed by atoms with Gasteiger partial charge in [0.2, 0.25) is 5.91 Å². The van der Waals surface area contributed by atoms with Crippen LogP contribution >= 0.6 is 11.8 Å². The lowest BCUT2D eigenvalue weighted by Gasteiger charge is -2.39. The number of rotatable bonds is 3. The highest BCUT2D eigenvalue weighted by atomic mass is 32.2. The Bertz CT molecular complexity index is 360. The summed E-state index contributed by atoms with van der Waals surface area (Å²) in [4.78, 5) is 13.7. The number of carbonyl (C=O) groups excluding carboxylic acids is 1. The van der Waals surface area contributed by atoms with Crippen molar-refractivity contribution in [1.82, 2.24) is 10.2 Å². The molecule has 4 N–H and O–H groups in total. The number of aliphatic hydroxyl groups is 1. The van der Waals surface area contributed by atoms with Gasteiger partial charge in [-0.15, -0.1) is 11.8 Å². The first kappa shape index (κ1) is 13.6. The Hall–Kier alpha value is -0.340. The summed E-state index contributed by atoms with van der Waals surface area (Å²) in [6.45, 7) is 1.47. The molecule has 0 saturated carbocycles. The number of likely N-dealkylation sites (tertiary alicyclic amines) is 1. The fraction of sp³-hybridized carbons (Fsp3) is 0.917. The molecule has 108 valence electrons. The largest absolute Gasteiger partial charge is 0.396 e. The number of thioether (sulfide) groups is 1. The summed E-state index contributed by atoms with van der Waals surface area (Å²) in [5.74, 6) is 1.09. The van der Waals surface area contributed by atoms with Crippen molar-refractivity contribution in [1.29, 1.82) is 0 Å². The second kappa shape index (κ2) is 5.21. The van der Waals surface area contributed by atoms with Gasteiger partial charge in [-0.25, -0.2) is 0 Å². The first-order valence-electron chi connectivity index (χ1n) is 6.85. The second-order valence-corrected chi connectivity index (χ2v) is 6.88. The highest BCUT2D eigenvalue weighted by molar-refractivity contribution is 8.00. The van der Waals surface area contributed by atoms with E-state index in [0.717, 1.165) is 31.7 Å². The number of piperidine rings is 1. The Kier molecular flexibility index (Phi) is 3.74. The summed E-state index contributed by atoms with van der Waals surface area (Å²) >= 11 is 1.94. The lowest BCUT2D eigenvalue weighted by Crippen LogP contribution is -2.52. The number of hydrogen-bond donors (Lipinski definition) is 3. The maximum atomic E-state index is 11.7. The van der Waals surface area contributed by atoms with Crippen LogP contribution < -0.4 is 11.1 Å². The molecule has 3 atom stereocenters. The fourth-order valence-electron chi connectivity index (χ4n) is 2.97. The number of epoxide rings is 1. The van der Waals surface area contributed by atoms with Crippen molar-refractivity contribution in [2.45, 2.75) is 42.5 Å². The molecule has 3 aliphatic rings. The predicted molar refractivity (Wildman–Crippen MR) is 72.5 cm³/mol. The van der Waals surface area contributed by atoms with Gasteiger partial charge in [-0.1, -0.05) is 0 Å². The molecule has 0 aromatic heterocycles. The molecule has 1 amide bonds. The van der Waals surface area contributed by atoms with Crippen LogP contribution in [0.15, 0.2) is 0 Å². The summed E-state index contributed by atoms with van der Waals surface area (Å²) in [6.07, 6.45) is 2.21. The van der Waals surface area contributed by atoms with E-state index in [9.17, 15) is 4.79 Å². The van der Waals surface area contributed by atoms with Crippen LogP contribution in [0.4, 0.5) is 0 Å². The van der Waals surface area contributed by atoms with E-state index in [4.69, 9.17) is 15.6 Å². The average Bonchev–Trinajstić information content (AvgIpc) is 2.99. The lowest BCUT2D eigenvalue weighted by atomic mass is 10.0. The number of hydrogen-bond acceptors (Lipinski definition) is 6. The van der Waals surface area contributed by atoms with Crippen LogP contribution in [0.5, 0.6) is 0 Å². The van der Waals surface area contributed by atoms with Crippen LogP contribution in [0.25, 0.3) is 0 Å². The molecule has 3 heterocycles. The zero-order valence-corrected chi connectivity index (χ0v) is 11.7. The van der Waals surface area contributed by atoms with Gasteiger partial charge in [0.25, 0.3) is 0 Å². The van der Waals surface area contributed by atoms with E-state index in [0.29, 0.717) is 6.04 Å². The van der Waals surface area contributed by atoms with E-state index in [2.05, 4.69) is 5.32 Å². The molecule has 0 radical (unpaired) electrons. The molecule has 3 fully saturated rings. The maximum Gasteiger partial charge on any atom is 0.224 e. The van der Waals surface area contributed by atoms with Gasteiger partial charge in [-0.2, -0.15) is 0 Å². The van der Waals surface area contributed by atoms with E-state index >= 15 is 0 Å². The number of carbonyl (C=O) groups is 1. The molecule has 3 saturated heterocycles.